The van der Waals surface area contributed by atoms with E-state index in [1.165, 1.54) is 180 Å². The molecule has 0 rings (SSSR count). The van der Waals surface area contributed by atoms with Gasteiger partial charge in [0.05, 0.1) is 6.42 Å². The summed E-state index contributed by atoms with van der Waals surface area (Å²) in [4.78, 5) is 25.6. The minimum Gasteiger partial charge on any atom is -0.480 e. The van der Waals surface area contributed by atoms with Crippen LogP contribution in [0.3, 0.4) is 0 Å². The molecular formula is C46H90N4O3. The van der Waals surface area contributed by atoms with Crippen molar-refractivity contribution in [2.45, 2.75) is 219 Å². The molecule has 0 aliphatic carbocycles. The lowest BCUT2D eigenvalue weighted by atomic mass is 10.1. The summed E-state index contributed by atoms with van der Waals surface area (Å²) >= 11 is 0. The zero-order valence-electron chi connectivity index (χ0n) is 35.3. The van der Waals surface area contributed by atoms with Crippen molar-refractivity contribution in [3.05, 3.63) is 24.3 Å². The molecule has 0 aromatic heterocycles. The SMILES string of the molecule is CCCCCCCC/C=C\CCCCCCCCNCCCN(CCCNCCCCCCCC/C=C\CCCCCCCC)[C@@H](CC(N)=O)C(=O)O. The van der Waals surface area contributed by atoms with Crippen LogP contribution in [0.5, 0.6) is 0 Å². The molecule has 0 spiro atoms. The number of carbonyl (C=O) groups is 2. The monoisotopic (exact) mass is 747 g/mol. The largest absolute Gasteiger partial charge is 0.480 e. The highest BCUT2D eigenvalue weighted by Gasteiger charge is 2.26. The molecular weight excluding hydrogens is 657 g/mol. The van der Waals surface area contributed by atoms with Crippen LogP contribution in [0, 0.1) is 0 Å². The van der Waals surface area contributed by atoms with Crippen molar-refractivity contribution in [1.82, 2.24) is 15.5 Å². The van der Waals surface area contributed by atoms with Gasteiger partial charge >= 0.3 is 5.97 Å². The van der Waals surface area contributed by atoms with Gasteiger partial charge in [-0.3, -0.25) is 14.5 Å². The molecule has 0 aromatic carbocycles. The van der Waals surface area contributed by atoms with Gasteiger partial charge in [-0.2, -0.15) is 0 Å². The second-order valence-electron chi connectivity index (χ2n) is 15.6. The van der Waals surface area contributed by atoms with E-state index in [9.17, 15) is 14.7 Å². The molecule has 0 heterocycles. The molecule has 53 heavy (non-hydrogen) atoms. The van der Waals surface area contributed by atoms with Crippen molar-refractivity contribution < 1.29 is 14.7 Å². The summed E-state index contributed by atoms with van der Waals surface area (Å²) in [5.74, 6) is -1.52. The van der Waals surface area contributed by atoms with Crippen LogP contribution in [0.25, 0.3) is 0 Å². The lowest BCUT2D eigenvalue weighted by Crippen LogP contribution is -2.45. The third-order valence-electron chi connectivity index (χ3n) is 10.4. The van der Waals surface area contributed by atoms with Crippen LogP contribution in [0.15, 0.2) is 24.3 Å². The number of carboxylic acids is 1. The summed E-state index contributed by atoms with van der Waals surface area (Å²) < 4.78 is 0. The van der Waals surface area contributed by atoms with Crippen molar-refractivity contribution in [3.63, 3.8) is 0 Å². The molecule has 0 radical (unpaired) electrons. The first kappa shape index (κ1) is 51.3. The minimum absolute atomic E-state index is 0.138. The Morgan fingerprint density at radius 3 is 1.11 bits per heavy atom. The summed E-state index contributed by atoms with van der Waals surface area (Å²) in [7, 11) is 0. The molecule has 0 aromatic rings. The maximum atomic E-state index is 12.0. The highest BCUT2D eigenvalue weighted by atomic mass is 16.4. The quantitative estimate of drug-likeness (QED) is 0.0365. The van der Waals surface area contributed by atoms with Crippen LogP contribution in [0.2, 0.25) is 0 Å². The van der Waals surface area contributed by atoms with E-state index in [2.05, 4.69) is 48.8 Å². The molecule has 0 aliphatic rings. The van der Waals surface area contributed by atoms with Crippen LogP contribution in [0.4, 0.5) is 0 Å². The topological polar surface area (TPSA) is 108 Å². The van der Waals surface area contributed by atoms with Gasteiger partial charge in [0.15, 0.2) is 0 Å². The van der Waals surface area contributed by atoms with Gasteiger partial charge in [-0.15, -0.1) is 0 Å². The van der Waals surface area contributed by atoms with Crippen LogP contribution in [-0.2, 0) is 9.59 Å². The summed E-state index contributed by atoms with van der Waals surface area (Å²) in [6.45, 7) is 9.58. The third-order valence-corrected chi connectivity index (χ3v) is 10.4. The number of nitrogens with zero attached hydrogens (tertiary/aromatic N) is 1. The molecule has 0 aliphatic heterocycles. The number of nitrogens with one attached hydrogen (secondary N) is 2. The number of rotatable bonds is 44. The second-order valence-corrected chi connectivity index (χ2v) is 15.6. The van der Waals surface area contributed by atoms with E-state index in [-0.39, 0.29) is 6.42 Å². The van der Waals surface area contributed by atoms with Gasteiger partial charge in [-0.1, -0.05) is 154 Å². The fourth-order valence-corrected chi connectivity index (χ4v) is 7.05. The Morgan fingerprint density at radius 1 is 0.491 bits per heavy atom. The number of carbonyl (C=O) groups excluding carboxylic acids is 1. The predicted molar refractivity (Wildman–Crippen MR) is 231 cm³/mol. The van der Waals surface area contributed by atoms with Crippen LogP contribution >= 0.6 is 0 Å². The number of aliphatic carboxylic acids is 1. The van der Waals surface area contributed by atoms with E-state index in [4.69, 9.17) is 5.73 Å². The van der Waals surface area contributed by atoms with E-state index in [1.807, 2.05) is 4.90 Å². The Bertz CT molecular complexity index is 784. The first-order chi connectivity index (χ1) is 26.0. The van der Waals surface area contributed by atoms with Gasteiger partial charge in [-0.25, -0.2) is 0 Å². The molecule has 0 fully saturated rings. The zero-order valence-corrected chi connectivity index (χ0v) is 35.3. The predicted octanol–water partition coefficient (Wildman–Crippen LogP) is 11.7. The van der Waals surface area contributed by atoms with Gasteiger partial charge < -0.3 is 21.5 Å². The Hall–Kier alpha value is -1.70. The molecule has 0 saturated carbocycles. The van der Waals surface area contributed by atoms with Gasteiger partial charge in [-0.05, 0) is 103 Å². The van der Waals surface area contributed by atoms with Crippen LogP contribution in [-0.4, -0.2) is 67.2 Å². The van der Waals surface area contributed by atoms with Crippen molar-refractivity contribution in [2.75, 3.05) is 39.3 Å². The third kappa shape index (κ3) is 39.8. The minimum atomic E-state index is -0.960. The molecule has 7 heteroatoms. The molecule has 0 bridgehead atoms. The average Bonchev–Trinajstić information content (AvgIpc) is 3.14. The Labute approximate surface area is 329 Å². The summed E-state index contributed by atoms with van der Waals surface area (Å²) in [6, 6.07) is -0.848. The van der Waals surface area contributed by atoms with E-state index in [1.54, 1.807) is 0 Å². The lowest BCUT2D eigenvalue weighted by Gasteiger charge is -2.28. The number of hydrogen-bond acceptors (Lipinski definition) is 5. The van der Waals surface area contributed by atoms with Gasteiger partial charge in [0.25, 0.3) is 0 Å². The van der Waals surface area contributed by atoms with Crippen molar-refractivity contribution in [1.29, 1.82) is 0 Å². The number of hydrogen-bond donors (Lipinski definition) is 4. The van der Waals surface area contributed by atoms with Gasteiger partial charge in [0.1, 0.15) is 6.04 Å². The van der Waals surface area contributed by atoms with E-state index in [0.717, 1.165) is 39.0 Å². The molecule has 5 N–H and O–H groups in total. The smallest absolute Gasteiger partial charge is 0.321 e. The van der Waals surface area contributed by atoms with Gasteiger partial charge in [0, 0.05) is 13.1 Å². The maximum Gasteiger partial charge on any atom is 0.321 e. The summed E-state index contributed by atoms with van der Waals surface area (Å²) in [6.07, 6.45) is 48.0. The van der Waals surface area contributed by atoms with Crippen molar-refractivity contribution in [2.24, 2.45) is 5.73 Å². The van der Waals surface area contributed by atoms with E-state index in [0.29, 0.717) is 13.1 Å². The summed E-state index contributed by atoms with van der Waals surface area (Å²) in [5, 5.41) is 16.9. The Morgan fingerprint density at radius 2 is 0.792 bits per heavy atom. The Balaban J connectivity index is 3.87. The number of amides is 1. The highest BCUT2D eigenvalue weighted by Crippen LogP contribution is 2.12. The first-order valence-electron chi connectivity index (χ1n) is 23.0. The molecule has 0 unspecified atom stereocenters. The first-order valence-corrected chi connectivity index (χ1v) is 23.0. The number of primary amides is 1. The Kier molecular flexibility index (Phi) is 41.7. The highest BCUT2D eigenvalue weighted by molar-refractivity contribution is 5.83. The molecule has 1 amide bonds. The average molecular weight is 747 g/mol. The number of nitrogens with two attached hydrogens (primary N) is 1. The zero-order chi connectivity index (χ0) is 38.7. The van der Waals surface area contributed by atoms with Crippen LogP contribution in [0.1, 0.15) is 213 Å². The molecule has 312 valence electrons. The second kappa shape index (κ2) is 43.0. The van der Waals surface area contributed by atoms with Crippen molar-refractivity contribution >= 4 is 11.9 Å². The van der Waals surface area contributed by atoms with E-state index < -0.39 is 17.9 Å². The molecule has 7 nitrogen and oxygen atoms in total. The fourth-order valence-electron chi connectivity index (χ4n) is 7.05. The van der Waals surface area contributed by atoms with E-state index >= 15 is 0 Å². The number of carboxylic acid groups (broad SMARTS) is 1. The number of allylic oxidation sites excluding steroid dienone is 4. The standard InChI is InChI=1S/C46H90N4O3/c1-3-5-7-9-11-13-15-17-19-21-23-25-27-29-31-33-37-48-39-35-41-50(44(46(52)53)43-45(47)51)42-36-40-49-38-34-32-30-28-26-24-22-20-18-16-14-12-10-8-6-4-2/h17-20,44,48-49H,3-16,21-43H2,1-2H3,(H2,47,51)(H,52,53)/b19-17-,20-18-/t44-/m0/s1. The molecule has 1 atom stereocenters. The van der Waals surface area contributed by atoms with Crippen molar-refractivity contribution in [3.8, 4) is 0 Å². The molecule has 0 saturated heterocycles. The summed E-state index contributed by atoms with van der Waals surface area (Å²) in [5.41, 5.74) is 5.42. The van der Waals surface area contributed by atoms with Gasteiger partial charge in [0.2, 0.25) is 5.91 Å². The lowest BCUT2D eigenvalue weighted by molar-refractivity contribution is -0.145. The number of unbranched alkanes of at least 4 members (excludes halogenated alkanes) is 24. The normalized spacial score (nSPS) is 12.5. The fraction of sp³-hybridized carbons (Fsp3) is 0.870. The van der Waals surface area contributed by atoms with Crippen LogP contribution < -0.4 is 16.4 Å². The maximum absolute atomic E-state index is 12.0.